The van der Waals surface area contributed by atoms with Crippen molar-refractivity contribution in [3.8, 4) is 0 Å². The van der Waals surface area contributed by atoms with Crippen LogP contribution in [0.1, 0.15) is 24.9 Å². The molecule has 1 heterocycles. The van der Waals surface area contributed by atoms with Gasteiger partial charge in [-0.15, -0.1) is 24.0 Å². The third-order valence-corrected chi connectivity index (χ3v) is 4.54. The van der Waals surface area contributed by atoms with Crippen molar-refractivity contribution in [3.63, 3.8) is 0 Å². The number of hydrogen-bond acceptors (Lipinski definition) is 3. The van der Waals surface area contributed by atoms with Crippen LogP contribution < -0.4 is 5.32 Å². The maximum Gasteiger partial charge on any atom is 0.193 e. The molecule has 1 fully saturated rings. The Kier molecular flexibility index (Phi) is 10.4. The summed E-state index contributed by atoms with van der Waals surface area (Å²) in [5.41, 5.74) is 1.07. The van der Waals surface area contributed by atoms with Crippen molar-refractivity contribution < 1.29 is 9.13 Å². The van der Waals surface area contributed by atoms with Crippen LogP contribution in [0, 0.1) is 11.7 Å². The molecule has 1 N–H and O–H groups in total. The Morgan fingerprint density at radius 1 is 1.31 bits per heavy atom. The Morgan fingerprint density at radius 2 is 2.00 bits per heavy atom. The number of halogens is 2. The molecule has 1 saturated heterocycles. The third kappa shape index (κ3) is 7.00. The largest absolute Gasteiger partial charge is 0.381 e. The first-order valence-electron chi connectivity index (χ1n) is 9.00. The molecule has 0 saturated carbocycles. The van der Waals surface area contributed by atoms with E-state index in [2.05, 4.69) is 29.1 Å². The number of aliphatic imine (C=N–C) groups is 1. The van der Waals surface area contributed by atoms with Crippen LogP contribution in [0.2, 0.25) is 0 Å². The highest BCUT2D eigenvalue weighted by Crippen LogP contribution is 2.19. The van der Waals surface area contributed by atoms with Crippen molar-refractivity contribution in [2.75, 3.05) is 54.0 Å². The third-order valence-electron chi connectivity index (χ3n) is 4.54. The minimum atomic E-state index is -0.211. The number of benzene rings is 1. The van der Waals surface area contributed by atoms with Crippen LogP contribution in [0.25, 0.3) is 0 Å². The minimum absolute atomic E-state index is 0. The molecule has 0 spiro atoms. The number of guanidine groups is 1. The summed E-state index contributed by atoms with van der Waals surface area (Å²) in [7, 11) is 6.12. The first-order chi connectivity index (χ1) is 12.0. The van der Waals surface area contributed by atoms with Gasteiger partial charge in [0.2, 0.25) is 0 Å². The predicted molar refractivity (Wildman–Crippen MR) is 116 cm³/mol. The molecule has 1 aromatic rings. The quantitative estimate of drug-likeness (QED) is 0.372. The summed E-state index contributed by atoms with van der Waals surface area (Å²) in [5.74, 6) is 1.26. The topological polar surface area (TPSA) is 40.1 Å². The zero-order valence-electron chi connectivity index (χ0n) is 16.2. The van der Waals surface area contributed by atoms with Crippen molar-refractivity contribution in [2.45, 2.75) is 19.4 Å². The molecule has 1 aliphatic heterocycles. The molecule has 2 atom stereocenters. The molecule has 1 aliphatic rings. The molecule has 0 amide bonds. The van der Waals surface area contributed by atoms with Gasteiger partial charge in [-0.1, -0.05) is 12.1 Å². The van der Waals surface area contributed by atoms with Crippen molar-refractivity contribution in [1.29, 1.82) is 0 Å². The van der Waals surface area contributed by atoms with Crippen molar-refractivity contribution in [2.24, 2.45) is 10.9 Å². The maximum atomic E-state index is 13.2. The van der Waals surface area contributed by atoms with Crippen LogP contribution in [0.5, 0.6) is 0 Å². The van der Waals surface area contributed by atoms with E-state index in [0.29, 0.717) is 12.5 Å². The summed E-state index contributed by atoms with van der Waals surface area (Å²) in [5, 5.41) is 3.37. The van der Waals surface area contributed by atoms with Gasteiger partial charge in [-0.3, -0.25) is 4.99 Å². The first kappa shape index (κ1) is 23.1. The Balaban J connectivity index is 0.00000338. The molecule has 1 aromatic carbocycles. The van der Waals surface area contributed by atoms with E-state index in [1.54, 1.807) is 0 Å². The van der Waals surface area contributed by atoms with Crippen LogP contribution >= 0.6 is 24.0 Å². The SMILES string of the molecule is CCNC(=NCC(c1ccc(F)cc1)N(C)C)N(C)CC1CCOC1.I. The highest BCUT2D eigenvalue weighted by Gasteiger charge is 2.20. The van der Waals surface area contributed by atoms with Crippen LogP contribution in [0.15, 0.2) is 29.3 Å². The van der Waals surface area contributed by atoms with Crippen LogP contribution in [0.4, 0.5) is 4.39 Å². The lowest BCUT2D eigenvalue weighted by Crippen LogP contribution is -2.42. The summed E-state index contributed by atoms with van der Waals surface area (Å²) < 4.78 is 18.7. The van der Waals surface area contributed by atoms with Crippen LogP contribution in [-0.4, -0.2) is 69.8 Å². The average Bonchev–Trinajstić information content (AvgIpc) is 3.08. The molecule has 26 heavy (non-hydrogen) atoms. The highest BCUT2D eigenvalue weighted by molar-refractivity contribution is 14.0. The van der Waals surface area contributed by atoms with E-state index in [1.807, 2.05) is 26.2 Å². The fourth-order valence-corrected chi connectivity index (χ4v) is 3.10. The Labute approximate surface area is 174 Å². The van der Waals surface area contributed by atoms with Gasteiger partial charge in [0.1, 0.15) is 5.82 Å². The molecule has 2 unspecified atom stereocenters. The van der Waals surface area contributed by atoms with Gasteiger partial charge in [0.05, 0.1) is 19.2 Å². The summed E-state index contributed by atoms with van der Waals surface area (Å²) in [6.07, 6.45) is 1.11. The number of likely N-dealkylation sites (N-methyl/N-ethyl adjacent to an activating group) is 1. The van der Waals surface area contributed by atoms with Gasteiger partial charge in [0.15, 0.2) is 5.96 Å². The van der Waals surface area contributed by atoms with Crippen molar-refractivity contribution >= 4 is 29.9 Å². The van der Waals surface area contributed by atoms with Gasteiger partial charge < -0.3 is 19.9 Å². The van der Waals surface area contributed by atoms with Gasteiger partial charge >= 0.3 is 0 Å². The molecule has 0 aromatic heterocycles. The first-order valence-corrected chi connectivity index (χ1v) is 9.00. The summed E-state index contributed by atoms with van der Waals surface area (Å²) in [6.45, 7) is 6.15. The lowest BCUT2D eigenvalue weighted by molar-refractivity contribution is 0.181. The Hall–Kier alpha value is -0.930. The monoisotopic (exact) mass is 478 g/mol. The number of nitrogens with zero attached hydrogens (tertiary/aromatic N) is 3. The summed E-state index contributed by atoms with van der Waals surface area (Å²) in [6, 6.07) is 6.79. The van der Waals surface area contributed by atoms with Crippen LogP contribution in [0.3, 0.4) is 0 Å². The second kappa shape index (κ2) is 11.7. The van der Waals surface area contributed by atoms with Crippen LogP contribution in [-0.2, 0) is 4.74 Å². The Bertz CT molecular complexity index is 547. The lowest BCUT2D eigenvalue weighted by Gasteiger charge is -2.27. The van der Waals surface area contributed by atoms with E-state index in [0.717, 1.165) is 44.2 Å². The fraction of sp³-hybridized carbons (Fsp3) is 0.632. The number of rotatable bonds is 7. The lowest BCUT2D eigenvalue weighted by atomic mass is 10.1. The maximum absolute atomic E-state index is 13.2. The van der Waals surface area contributed by atoms with Crippen molar-refractivity contribution in [1.82, 2.24) is 15.1 Å². The molecule has 2 rings (SSSR count). The van der Waals surface area contributed by atoms with E-state index in [9.17, 15) is 4.39 Å². The number of ether oxygens (including phenoxy) is 1. The smallest absolute Gasteiger partial charge is 0.193 e. The van der Waals surface area contributed by atoms with E-state index in [-0.39, 0.29) is 35.8 Å². The van der Waals surface area contributed by atoms with E-state index >= 15 is 0 Å². The number of hydrogen-bond donors (Lipinski definition) is 1. The zero-order valence-corrected chi connectivity index (χ0v) is 18.6. The second-order valence-electron chi connectivity index (χ2n) is 6.84. The second-order valence-corrected chi connectivity index (χ2v) is 6.84. The molecule has 0 bridgehead atoms. The van der Waals surface area contributed by atoms with Gasteiger partial charge in [0, 0.05) is 32.7 Å². The van der Waals surface area contributed by atoms with Gasteiger partial charge in [0.25, 0.3) is 0 Å². The van der Waals surface area contributed by atoms with E-state index in [1.165, 1.54) is 12.1 Å². The molecule has 0 radical (unpaired) electrons. The van der Waals surface area contributed by atoms with Gasteiger partial charge in [-0.05, 0) is 45.1 Å². The average molecular weight is 478 g/mol. The molecule has 0 aliphatic carbocycles. The molecule has 5 nitrogen and oxygen atoms in total. The highest BCUT2D eigenvalue weighted by atomic mass is 127. The standard InChI is InChI=1S/C19H31FN4O.HI/c1-5-21-19(24(4)13-15-10-11-25-14-15)22-12-18(23(2)3)16-6-8-17(20)9-7-16;/h6-9,15,18H,5,10-14H2,1-4H3,(H,21,22);1H. The van der Waals surface area contributed by atoms with Crippen molar-refractivity contribution in [3.05, 3.63) is 35.6 Å². The number of nitrogens with one attached hydrogen (secondary N) is 1. The molecular formula is C19H32FIN4O. The molecular weight excluding hydrogens is 446 g/mol. The summed E-state index contributed by atoms with van der Waals surface area (Å²) in [4.78, 5) is 9.13. The fourth-order valence-electron chi connectivity index (χ4n) is 3.10. The Morgan fingerprint density at radius 3 is 2.54 bits per heavy atom. The van der Waals surface area contributed by atoms with E-state index in [4.69, 9.17) is 9.73 Å². The minimum Gasteiger partial charge on any atom is -0.381 e. The molecule has 148 valence electrons. The van der Waals surface area contributed by atoms with Gasteiger partial charge in [-0.2, -0.15) is 0 Å². The van der Waals surface area contributed by atoms with E-state index < -0.39 is 0 Å². The normalized spacial score (nSPS) is 18.5. The zero-order chi connectivity index (χ0) is 18.2. The summed E-state index contributed by atoms with van der Waals surface area (Å²) >= 11 is 0. The molecule has 7 heteroatoms. The van der Waals surface area contributed by atoms with Gasteiger partial charge in [-0.25, -0.2) is 4.39 Å². The predicted octanol–water partition coefficient (Wildman–Crippen LogP) is 2.98.